The Bertz CT molecular complexity index is 907. The molecule has 0 N–H and O–H groups in total. The van der Waals surface area contributed by atoms with Gasteiger partial charge in [0.2, 0.25) is 10.0 Å². The highest BCUT2D eigenvalue weighted by molar-refractivity contribution is 7.89. The van der Waals surface area contributed by atoms with Crippen molar-refractivity contribution in [3.05, 3.63) is 48.0 Å². The number of benzene rings is 2. The highest BCUT2D eigenvalue weighted by Gasteiger charge is 2.31. The minimum absolute atomic E-state index is 0.135. The molecule has 7 nitrogen and oxygen atoms in total. The molecule has 3 rings (SSSR count). The van der Waals surface area contributed by atoms with Gasteiger partial charge >= 0.3 is 0 Å². The summed E-state index contributed by atoms with van der Waals surface area (Å²) in [4.78, 5) is 2.35. The number of hydrogen-bond acceptors (Lipinski definition) is 6. The molecule has 1 aliphatic heterocycles. The van der Waals surface area contributed by atoms with Crippen LogP contribution >= 0.6 is 0 Å². The third-order valence-corrected chi connectivity index (χ3v) is 6.94. The minimum atomic E-state index is -3.66. The summed E-state index contributed by atoms with van der Waals surface area (Å²) in [6, 6.07) is 12.8. The zero-order valence-corrected chi connectivity index (χ0v) is 17.9. The zero-order chi connectivity index (χ0) is 20.9. The molecule has 2 aromatic rings. The third-order valence-electron chi connectivity index (χ3n) is 5.02. The van der Waals surface area contributed by atoms with Gasteiger partial charge in [-0.05, 0) is 31.2 Å². The molecule has 0 aliphatic carbocycles. The second-order valence-electron chi connectivity index (χ2n) is 6.92. The molecule has 1 aliphatic rings. The van der Waals surface area contributed by atoms with Crippen LogP contribution in [0.5, 0.6) is 17.2 Å². The monoisotopic (exact) mass is 420 g/mol. The van der Waals surface area contributed by atoms with Gasteiger partial charge in [0.05, 0.1) is 14.2 Å². The zero-order valence-electron chi connectivity index (χ0n) is 17.1. The number of aryl methyl sites for hydroxylation is 1. The normalized spacial score (nSPS) is 15.8. The highest BCUT2D eigenvalue weighted by Crippen LogP contribution is 2.31. The second kappa shape index (κ2) is 9.47. The van der Waals surface area contributed by atoms with Crippen LogP contribution < -0.4 is 14.2 Å². The van der Waals surface area contributed by atoms with E-state index < -0.39 is 10.0 Å². The molecule has 2 aromatic carbocycles. The van der Waals surface area contributed by atoms with Crippen LogP contribution in [0.25, 0.3) is 0 Å². The van der Waals surface area contributed by atoms with Crippen molar-refractivity contribution >= 4 is 10.0 Å². The van der Waals surface area contributed by atoms with E-state index in [0.717, 1.165) is 12.3 Å². The fraction of sp³-hybridized carbons (Fsp3) is 0.429. The molecule has 0 saturated carbocycles. The van der Waals surface area contributed by atoms with Gasteiger partial charge in [0.25, 0.3) is 0 Å². The lowest BCUT2D eigenvalue weighted by Gasteiger charge is -2.34. The summed E-state index contributed by atoms with van der Waals surface area (Å²) in [5, 5.41) is 0. The fourth-order valence-electron chi connectivity index (χ4n) is 3.25. The second-order valence-corrected chi connectivity index (χ2v) is 8.83. The predicted octanol–water partition coefficient (Wildman–Crippen LogP) is 2.40. The maximum absolute atomic E-state index is 13.1. The van der Waals surface area contributed by atoms with Gasteiger partial charge in [-0.2, -0.15) is 4.31 Å². The minimum Gasteiger partial charge on any atom is -0.497 e. The quantitative estimate of drug-likeness (QED) is 0.653. The molecule has 1 heterocycles. The van der Waals surface area contributed by atoms with Gasteiger partial charge in [-0.15, -0.1) is 0 Å². The van der Waals surface area contributed by atoms with Gasteiger partial charge in [0.15, 0.2) is 0 Å². The van der Waals surface area contributed by atoms with Crippen molar-refractivity contribution in [1.29, 1.82) is 0 Å². The molecule has 0 spiro atoms. The van der Waals surface area contributed by atoms with Crippen molar-refractivity contribution in [1.82, 2.24) is 9.21 Å². The lowest BCUT2D eigenvalue weighted by molar-refractivity contribution is 0.158. The summed E-state index contributed by atoms with van der Waals surface area (Å²) in [7, 11) is -0.683. The first-order chi connectivity index (χ1) is 13.9. The molecule has 158 valence electrons. The van der Waals surface area contributed by atoms with E-state index in [2.05, 4.69) is 4.90 Å². The average Bonchev–Trinajstić information content (AvgIpc) is 2.75. The van der Waals surface area contributed by atoms with Gasteiger partial charge < -0.3 is 14.2 Å². The van der Waals surface area contributed by atoms with Gasteiger partial charge in [0.1, 0.15) is 28.8 Å². The molecule has 8 heteroatoms. The van der Waals surface area contributed by atoms with Crippen molar-refractivity contribution in [3.8, 4) is 17.2 Å². The highest BCUT2D eigenvalue weighted by atomic mass is 32.2. The number of methoxy groups -OCH3 is 2. The van der Waals surface area contributed by atoms with Gasteiger partial charge in [-0.3, -0.25) is 4.90 Å². The van der Waals surface area contributed by atoms with E-state index in [1.54, 1.807) is 12.1 Å². The largest absolute Gasteiger partial charge is 0.497 e. The maximum atomic E-state index is 13.1. The van der Waals surface area contributed by atoms with Crippen LogP contribution in [0.2, 0.25) is 0 Å². The Morgan fingerprint density at radius 1 is 0.897 bits per heavy atom. The molecule has 1 fully saturated rings. The summed E-state index contributed by atoms with van der Waals surface area (Å²) in [6.07, 6.45) is 0. The first kappa shape index (κ1) is 21.4. The SMILES string of the molecule is COc1ccc(OC)c(S(=O)(=O)N2CCN(CCOc3ccc(C)cc3)CC2)c1. The number of hydrogen-bond donors (Lipinski definition) is 0. The van der Waals surface area contributed by atoms with Crippen LogP contribution in [0.15, 0.2) is 47.4 Å². The van der Waals surface area contributed by atoms with E-state index in [1.807, 2.05) is 31.2 Å². The smallest absolute Gasteiger partial charge is 0.246 e. The van der Waals surface area contributed by atoms with E-state index in [1.165, 1.54) is 30.2 Å². The van der Waals surface area contributed by atoms with Gasteiger partial charge in [-0.25, -0.2) is 8.42 Å². The topological polar surface area (TPSA) is 68.3 Å². The summed E-state index contributed by atoms with van der Waals surface area (Å²) in [6.45, 7) is 5.52. The Balaban J connectivity index is 1.56. The van der Waals surface area contributed by atoms with E-state index in [4.69, 9.17) is 14.2 Å². The molecule has 29 heavy (non-hydrogen) atoms. The molecular formula is C21H28N2O5S. The van der Waals surface area contributed by atoms with E-state index in [-0.39, 0.29) is 4.90 Å². The van der Waals surface area contributed by atoms with E-state index in [0.29, 0.717) is 44.3 Å². The summed E-state index contributed by atoms with van der Waals surface area (Å²) in [5.74, 6) is 1.65. The average molecular weight is 421 g/mol. The molecule has 0 amide bonds. The number of rotatable bonds is 8. The molecule has 1 saturated heterocycles. The van der Waals surface area contributed by atoms with Crippen LogP contribution in [0, 0.1) is 6.92 Å². The number of nitrogens with zero attached hydrogens (tertiary/aromatic N) is 2. The van der Waals surface area contributed by atoms with Crippen LogP contribution in [0.1, 0.15) is 5.56 Å². The number of piperazine rings is 1. The van der Waals surface area contributed by atoms with Crippen LogP contribution in [-0.4, -0.2) is 71.2 Å². The summed E-state index contributed by atoms with van der Waals surface area (Å²) >= 11 is 0. The number of sulfonamides is 1. The molecule has 0 aromatic heterocycles. The molecule has 0 unspecified atom stereocenters. The maximum Gasteiger partial charge on any atom is 0.246 e. The Hall–Kier alpha value is -2.29. The standard InChI is InChI=1S/C21H28N2O5S/c1-17-4-6-18(7-5-17)28-15-14-22-10-12-23(13-11-22)29(24,25)21-16-19(26-2)8-9-20(21)27-3/h4-9,16H,10-15H2,1-3H3. The molecule has 0 radical (unpaired) electrons. The Morgan fingerprint density at radius 3 is 2.17 bits per heavy atom. The van der Waals surface area contributed by atoms with Crippen molar-refractivity contribution in [2.24, 2.45) is 0 Å². The predicted molar refractivity (Wildman–Crippen MR) is 111 cm³/mol. The lowest BCUT2D eigenvalue weighted by atomic mass is 10.2. The lowest BCUT2D eigenvalue weighted by Crippen LogP contribution is -2.49. The molecule has 0 atom stereocenters. The van der Waals surface area contributed by atoms with Crippen LogP contribution in [0.3, 0.4) is 0 Å². The first-order valence-corrected chi connectivity index (χ1v) is 11.0. The fourth-order valence-corrected chi connectivity index (χ4v) is 4.84. The van der Waals surface area contributed by atoms with Crippen LogP contribution in [0.4, 0.5) is 0 Å². The van der Waals surface area contributed by atoms with E-state index in [9.17, 15) is 8.42 Å². The summed E-state index contributed by atoms with van der Waals surface area (Å²) < 4.78 is 43.9. The van der Waals surface area contributed by atoms with Crippen molar-refractivity contribution < 1.29 is 22.6 Å². The molecule has 0 bridgehead atoms. The van der Waals surface area contributed by atoms with Crippen molar-refractivity contribution in [2.75, 3.05) is 53.6 Å². The Morgan fingerprint density at radius 2 is 1.55 bits per heavy atom. The van der Waals surface area contributed by atoms with E-state index >= 15 is 0 Å². The van der Waals surface area contributed by atoms with Crippen LogP contribution in [-0.2, 0) is 10.0 Å². The summed E-state index contributed by atoms with van der Waals surface area (Å²) in [5.41, 5.74) is 1.20. The first-order valence-electron chi connectivity index (χ1n) is 9.58. The Kier molecular flexibility index (Phi) is 7.00. The number of ether oxygens (including phenoxy) is 3. The van der Waals surface area contributed by atoms with Crippen molar-refractivity contribution in [2.45, 2.75) is 11.8 Å². The molecular weight excluding hydrogens is 392 g/mol. The third kappa shape index (κ3) is 5.20. The Labute approximate surface area is 172 Å². The van der Waals surface area contributed by atoms with Crippen molar-refractivity contribution in [3.63, 3.8) is 0 Å². The van der Waals surface area contributed by atoms with Gasteiger partial charge in [0, 0.05) is 38.8 Å². The van der Waals surface area contributed by atoms with Gasteiger partial charge in [-0.1, -0.05) is 17.7 Å².